The van der Waals surface area contributed by atoms with Gasteiger partial charge in [0.25, 0.3) is 0 Å². The zero-order valence-electron chi connectivity index (χ0n) is 17.9. The van der Waals surface area contributed by atoms with Crippen molar-refractivity contribution in [2.75, 3.05) is 6.61 Å². The molecule has 0 heterocycles. The van der Waals surface area contributed by atoms with Gasteiger partial charge in [-0.15, -0.1) is 0 Å². The molecule has 0 atom stereocenters. The second kappa shape index (κ2) is 9.79. The van der Waals surface area contributed by atoms with Crippen LogP contribution in [0.1, 0.15) is 29.2 Å². The summed E-state index contributed by atoms with van der Waals surface area (Å²) in [7, 11) is 0. The van der Waals surface area contributed by atoms with Crippen molar-refractivity contribution in [2.24, 2.45) is 0 Å². The molecule has 0 spiro atoms. The van der Waals surface area contributed by atoms with Crippen molar-refractivity contribution in [1.82, 2.24) is 0 Å². The van der Waals surface area contributed by atoms with Crippen molar-refractivity contribution in [3.8, 4) is 17.6 Å². The third kappa shape index (κ3) is 5.35. The lowest BCUT2D eigenvalue weighted by Gasteiger charge is -2.09. The maximum atomic E-state index is 14.2. The van der Waals surface area contributed by atoms with E-state index in [1.54, 1.807) is 25.1 Å². The number of benzene rings is 4. The lowest BCUT2D eigenvalue weighted by molar-refractivity contribution is 0.335. The fourth-order valence-electron chi connectivity index (χ4n) is 3.56. The number of halogens is 4. The largest absolute Gasteiger partial charge is 0.494 e. The first-order valence-electron chi connectivity index (χ1n) is 10.5. The average Bonchev–Trinajstić information content (AvgIpc) is 2.79. The van der Waals surface area contributed by atoms with Gasteiger partial charge in [-0.3, -0.25) is 0 Å². The van der Waals surface area contributed by atoms with Crippen molar-refractivity contribution in [2.45, 2.75) is 19.8 Å². The molecule has 0 saturated heterocycles. The summed E-state index contributed by atoms with van der Waals surface area (Å²) >= 11 is 0. The third-order valence-electron chi connectivity index (χ3n) is 5.27. The summed E-state index contributed by atoms with van der Waals surface area (Å²) in [4.78, 5) is 0. The smallest absolute Gasteiger partial charge is 0.159 e. The molecule has 0 radical (unpaired) electrons. The highest BCUT2D eigenvalue weighted by Crippen LogP contribution is 2.23. The van der Waals surface area contributed by atoms with Crippen molar-refractivity contribution < 1.29 is 22.3 Å². The summed E-state index contributed by atoms with van der Waals surface area (Å²) in [5.41, 5.74) is 2.41. The van der Waals surface area contributed by atoms with E-state index in [-0.39, 0.29) is 17.7 Å². The molecule has 4 aromatic rings. The van der Waals surface area contributed by atoms with E-state index in [0.717, 1.165) is 23.3 Å². The Labute approximate surface area is 189 Å². The van der Waals surface area contributed by atoms with E-state index >= 15 is 0 Å². The minimum Gasteiger partial charge on any atom is -0.494 e. The maximum absolute atomic E-state index is 14.2. The minimum atomic E-state index is -0.895. The van der Waals surface area contributed by atoms with Crippen LogP contribution in [-0.4, -0.2) is 6.61 Å². The first-order chi connectivity index (χ1) is 15.9. The van der Waals surface area contributed by atoms with E-state index < -0.39 is 23.3 Å². The van der Waals surface area contributed by atoms with E-state index in [2.05, 4.69) is 11.8 Å². The summed E-state index contributed by atoms with van der Waals surface area (Å²) < 4.78 is 60.4. The van der Waals surface area contributed by atoms with Crippen LogP contribution in [0.4, 0.5) is 17.6 Å². The van der Waals surface area contributed by atoms with Gasteiger partial charge in [-0.1, -0.05) is 30.0 Å². The second-order valence-electron chi connectivity index (χ2n) is 7.57. The Kier molecular flexibility index (Phi) is 6.65. The summed E-state index contributed by atoms with van der Waals surface area (Å²) in [6.07, 6.45) is 0.700. The molecule has 0 bridgehead atoms. The lowest BCUT2D eigenvalue weighted by Crippen LogP contribution is -2.01. The predicted octanol–water partition coefficient (Wildman–Crippen LogP) is 6.98. The topological polar surface area (TPSA) is 9.23 Å². The highest BCUT2D eigenvalue weighted by atomic mass is 19.2. The summed E-state index contributed by atoms with van der Waals surface area (Å²) in [5.74, 6) is 3.24. The minimum absolute atomic E-state index is 0.0370. The van der Waals surface area contributed by atoms with Gasteiger partial charge >= 0.3 is 0 Å². The Hall–Kier alpha value is -3.78. The molecule has 166 valence electrons. The van der Waals surface area contributed by atoms with E-state index in [9.17, 15) is 17.6 Å². The molecule has 0 amide bonds. The van der Waals surface area contributed by atoms with Gasteiger partial charge < -0.3 is 4.74 Å². The van der Waals surface area contributed by atoms with Crippen LogP contribution in [0.15, 0.2) is 66.7 Å². The maximum Gasteiger partial charge on any atom is 0.159 e. The zero-order chi connectivity index (χ0) is 23.4. The normalized spacial score (nSPS) is 10.7. The van der Waals surface area contributed by atoms with Crippen LogP contribution in [-0.2, 0) is 12.8 Å². The number of ether oxygens (including phenoxy) is 1. The standard InChI is InChI=1S/C28H20F4O/c1-2-33-23-16-25(29)24(26(30)17-23)12-10-19-5-3-18(4-6-19)7-8-20-9-11-21-14-27(31)28(32)15-22(21)13-20/h3-6,9,11,13-17H,2,10,12H2,1H3. The van der Waals surface area contributed by atoms with Crippen LogP contribution in [0, 0.1) is 35.1 Å². The molecular weight excluding hydrogens is 428 g/mol. The molecular formula is C28H20F4O. The van der Waals surface area contributed by atoms with E-state index in [1.807, 2.05) is 24.3 Å². The molecule has 0 fully saturated rings. The van der Waals surface area contributed by atoms with E-state index in [4.69, 9.17) is 4.74 Å². The summed E-state index contributed by atoms with van der Waals surface area (Å²) in [6.45, 7) is 2.09. The number of hydrogen-bond acceptors (Lipinski definition) is 1. The van der Waals surface area contributed by atoms with Gasteiger partial charge in [-0.05, 0) is 72.5 Å². The highest BCUT2D eigenvalue weighted by Gasteiger charge is 2.12. The van der Waals surface area contributed by atoms with Crippen LogP contribution in [0.2, 0.25) is 0 Å². The van der Waals surface area contributed by atoms with Crippen molar-refractivity contribution >= 4 is 10.8 Å². The molecule has 0 unspecified atom stereocenters. The van der Waals surface area contributed by atoms with E-state index in [0.29, 0.717) is 29.4 Å². The molecule has 0 aliphatic rings. The van der Waals surface area contributed by atoms with Crippen molar-refractivity contribution in [3.63, 3.8) is 0 Å². The highest BCUT2D eigenvalue weighted by molar-refractivity contribution is 5.84. The van der Waals surface area contributed by atoms with Gasteiger partial charge in [0.2, 0.25) is 0 Å². The van der Waals surface area contributed by atoms with E-state index in [1.165, 1.54) is 12.1 Å². The fourth-order valence-corrected chi connectivity index (χ4v) is 3.56. The Morgan fingerprint density at radius 3 is 1.91 bits per heavy atom. The fraction of sp³-hybridized carbons (Fsp3) is 0.143. The van der Waals surface area contributed by atoms with Crippen molar-refractivity contribution in [3.05, 3.63) is 112 Å². The number of hydrogen-bond donors (Lipinski definition) is 0. The number of rotatable bonds is 5. The molecule has 0 aromatic heterocycles. The van der Waals surface area contributed by atoms with Crippen LogP contribution >= 0.6 is 0 Å². The Morgan fingerprint density at radius 2 is 1.24 bits per heavy atom. The molecule has 0 aliphatic carbocycles. The molecule has 5 heteroatoms. The SMILES string of the molecule is CCOc1cc(F)c(CCc2ccc(C#Cc3ccc4cc(F)c(F)cc4c3)cc2)c(F)c1. The zero-order valence-corrected chi connectivity index (χ0v) is 17.9. The Balaban J connectivity index is 1.44. The van der Waals surface area contributed by atoms with Gasteiger partial charge in [0.05, 0.1) is 6.61 Å². The van der Waals surface area contributed by atoms with Crippen LogP contribution in [0.3, 0.4) is 0 Å². The van der Waals surface area contributed by atoms with Crippen LogP contribution in [0.5, 0.6) is 5.75 Å². The van der Waals surface area contributed by atoms with Gasteiger partial charge in [-0.2, -0.15) is 0 Å². The van der Waals surface area contributed by atoms with Crippen molar-refractivity contribution in [1.29, 1.82) is 0 Å². The quantitative estimate of drug-likeness (QED) is 0.236. The molecule has 1 nitrogen and oxygen atoms in total. The monoisotopic (exact) mass is 448 g/mol. The first-order valence-corrected chi connectivity index (χ1v) is 10.5. The predicted molar refractivity (Wildman–Crippen MR) is 121 cm³/mol. The lowest BCUT2D eigenvalue weighted by atomic mass is 10.0. The molecule has 0 N–H and O–H groups in total. The number of aryl methyl sites for hydroxylation is 1. The summed E-state index contributed by atoms with van der Waals surface area (Å²) in [5, 5.41) is 1.18. The molecule has 33 heavy (non-hydrogen) atoms. The van der Waals surface area contributed by atoms with Gasteiger partial charge in [0.15, 0.2) is 11.6 Å². The second-order valence-corrected chi connectivity index (χ2v) is 7.57. The van der Waals surface area contributed by atoms with Gasteiger partial charge in [-0.25, -0.2) is 17.6 Å². The molecule has 0 saturated carbocycles. The molecule has 4 aromatic carbocycles. The molecule has 0 aliphatic heterocycles. The summed E-state index contributed by atoms with van der Waals surface area (Å²) in [6, 6.07) is 17.3. The van der Waals surface area contributed by atoms with Crippen LogP contribution < -0.4 is 4.74 Å². The van der Waals surface area contributed by atoms with Gasteiger partial charge in [0, 0.05) is 28.8 Å². The first kappa shape index (κ1) is 22.4. The Bertz CT molecular complexity index is 1340. The average molecular weight is 448 g/mol. The molecule has 4 rings (SSSR count). The van der Waals surface area contributed by atoms with Crippen LogP contribution in [0.25, 0.3) is 10.8 Å². The van der Waals surface area contributed by atoms with Gasteiger partial charge in [0.1, 0.15) is 17.4 Å². The third-order valence-corrected chi connectivity index (χ3v) is 5.27. The number of fused-ring (bicyclic) bond motifs is 1. The Morgan fingerprint density at radius 1 is 0.636 bits per heavy atom.